The van der Waals surface area contributed by atoms with Gasteiger partial charge in [-0.15, -0.1) is 0 Å². The summed E-state index contributed by atoms with van der Waals surface area (Å²) in [6, 6.07) is 0. The molecule has 3 heteroatoms. The van der Waals surface area contributed by atoms with Gasteiger partial charge in [-0.2, -0.15) is 0 Å². The van der Waals surface area contributed by atoms with Gasteiger partial charge in [0, 0.05) is 5.92 Å². The first-order chi connectivity index (χ1) is 12.5. The fraction of sp³-hybridized carbons (Fsp3) is 0.913. The van der Waals surface area contributed by atoms with Gasteiger partial charge in [0.05, 0.1) is 19.8 Å². The Kier molecular flexibility index (Phi) is 4.12. The molecule has 1 N–H and O–H groups in total. The number of hydrogen-bond donors (Lipinski definition) is 1. The molecule has 1 heterocycles. The smallest absolute Gasteiger partial charge is 0.195 e. The normalized spacial score (nSPS) is 52.3. The van der Waals surface area contributed by atoms with Crippen molar-refractivity contribution in [3.8, 4) is 0 Å². The van der Waals surface area contributed by atoms with Crippen LogP contribution in [-0.4, -0.2) is 30.7 Å². The third kappa shape index (κ3) is 2.23. The average Bonchev–Trinajstić information content (AvgIpc) is 3.25. The van der Waals surface area contributed by atoms with E-state index >= 15 is 0 Å². The Morgan fingerprint density at radius 1 is 0.923 bits per heavy atom. The summed E-state index contributed by atoms with van der Waals surface area (Å²) in [7, 11) is 0. The van der Waals surface area contributed by atoms with E-state index in [1.807, 2.05) is 0 Å². The van der Waals surface area contributed by atoms with Crippen LogP contribution in [-0.2, 0) is 9.47 Å². The predicted octanol–water partition coefficient (Wildman–Crippen LogP) is 4.55. The Morgan fingerprint density at radius 2 is 1.69 bits per heavy atom. The van der Waals surface area contributed by atoms with Gasteiger partial charge in [-0.25, -0.2) is 0 Å². The van der Waals surface area contributed by atoms with Crippen molar-refractivity contribution in [2.75, 3.05) is 19.8 Å². The zero-order chi connectivity index (χ0) is 18.0. The molecule has 0 unspecified atom stereocenters. The van der Waals surface area contributed by atoms with E-state index in [-0.39, 0.29) is 12.0 Å². The van der Waals surface area contributed by atoms with E-state index in [0.717, 1.165) is 30.1 Å². The zero-order valence-electron chi connectivity index (χ0n) is 16.6. The summed E-state index contributed by atoms with van der Waals surface area (Å²) in [5.41, 5.74) is 0.786. The van der Waals surface area contributed by atoms with Gasteiger partial charge in [-0.1, -0.05) is 26.0 Å². The van der Waals surface area contributed by atoms with Crippen molar-refractivity contribution in [2.24, 2.45) is 40.4 Å². The molecule has 0 aromatic heterocycles. The van der Waals surface area contributed by atoms with Crippen LogP contribution >= 0.6 is 0 Å². The van der Waals surface area contributed by atoms with Crippen LogP contribution in [0.25, 0.3) is 0 Å². The predicted molar refractivity (Wildman–Crippen MR) is 101 cm³/mol. The molecule has 0 aromatic rings. The van der Waals surface area contributed by atoms with Crippen molar-refractivity contribution >= 4 is 0 Å². The van der Waals surface area contributed by atoms with Gasteiger partial charge in [-0.3, -0.25) is 0 Å². The number of rotatable bonds is 2. The van der Waals surface area contributed by atoms with Crippen molar-refractivity contribution in [2.45, 2.75) is 71.0 Å². The molecule has 0 aromatic carbocycles. The van der Waals surface area contributed by atoms with Crippen molar-refractivity contribution in [3.05, 3.63) is 12.2 Å². The number of aliphatic hydroxyl groups excluding tert-OH is 1. The molecule has 0 amide bonds. The summed E-state index contributed by atoms with van der Waals surface area (Å²) >= 11 is 0. The SMILES string of the molecule is C[C@]12CCC=C[C@@H]1CC[C@@H]1[C@@H]2CC[C@]2(C)[C@@H](C3(CO)OCCO3)CC[C@@H]12. The lowest BCUT2D eigenvalue weighted by Gasteiger charge is -2.60. The second-order valence-corrected chi connectivity index (χ2v) is 10.4. The van der Waals surface area contributed by atoms with Crippen LogP contribution in [0.1, 0.15) is 65.2 Å². The van der Waals surface area contributed by atoms with Gasteiger partial charge < -0.3 is 14.6 Å². The highest BCUT2D eigenvalue weighted by Gasteiger charge is 2.64. The van der Waals surface area contributed by atoms with Crippen LogP contribution in [0.5, 0.6) is 0 Å². The lowest BCUT2D eigenvalue weighted by Crippen LogP contribution is -2.55. The van der Waals surface area contributed by atoms with Crippen molar-refractivity contribution in [1.29, 1.82) is 0 Å². The maximum atomic E-state index is 10.2. The molecule has 5 aliphatic rings. The second-order valence-electron chi connectivity index (χ2n) is 10.4. The van der Waals surface area contributed by atoms with E-state index in [1.54, 1.807) is 0 Å². The summed E-state index contributed by atoms with van der Waals surface area (Å²) in [5.74, 6) is 2.98. The first-order valence-corrected chi connectivity index (χ1v) is 11.1. The monoisotopic (exact) mass is 360 g/mol. The van der Waals surface area contributed by atoms with Gasteiger partial charge in [0.1, 0.15) is 0 Å². The molecule has 0 bridgehead atoms. The fourth-order valence-corrected chi connectivity index (χ4v) is 8.42. The molecular weight excluding hydrogens is 324 g/mol. The fourth-order valence-electron chi connectivity index (χ4n) is 8.42. The Bertz CT molecular complexity index is 580. The third-order valence-corrected chi connectivity index (χ3v) is 9.69. The topological polar surface area (TPSA) is 38.7 Å². The number of hydrogen-bond acceptors (Lipinski definition) is 3. The van der Waals surface area contributed by atoms with Crippen molar-refractivity contribution < 1.29 is 14.6 Å². The molecule has 0 radical (unpaired) electrons. The molecule has 1 aliphatic heterocycles. The van der Waals surface area contributed by atoms with Crippen LogP contribution in [0.4, 0.5) is 0 Å². The number of fused-ring (bicyclic) bond motifs is 5. The van der Waals surface area contributed by atoms with Crippen LogP contribution < -0.4 is 0 Å². The average molecular weight is 361 g/mol. The van der Waals surface area contributed by atoms with Gasteiger partial charge in [0.2, 0.25) is 0 Å². The molecule has 4 fully saturated rings. The molecule has 26 heavy (non-hydrogen) atoms. The third-order valence-electron chi connectivity index (χ3n) is 9.69. The molecule has 3 saturated carbocycles. The Labute approximate surface area is 158 Å². The molecule has 4 aliphatic carbocycles. The summed E-state index contributed by atoms with van der Waals surface area (Å²) in [6.07, 6.45) is 15.5. The van der Waals surface area contributed by atoms with Gasteiger partial charge in [-0.05, 0) is 85.9 Å². The van der Waals surface area contributed by atoms with E-state index in [4.69, 9.17) is 9.47 Å². The number of allylic oxidation sites excluding steroid dienone is 2. The van der Waals surface area contributed by atoms with E-state index < -0.39 is 5.79 Å². The number of ether oxygens (including phenoxy) is 2. The molecular formula is C23H36O3. The Hall–Kier alpha value is -0.380. The molecule has 7 atom stereocenters. The highest BCUT2D eigenvalue weighted by molar-refractivity contribution is 5.14. The summed E-state index contributed by atoms with van der Waals surface area (Å²) in [5, 5.41) is 10.2. The second kappa shape index (κ2) is 6.06. The van der Waals surface area contributed by atoms with Crippen LogP contribution in [0.2, 0.25) is 0 Å². The highest BCUT2D eigenvalue weighted by atomic mass is 16.7. The van der Waals surface area contributed by atoms with Crippen LogP contribution in [0.3, 0.4) is 0 Å². The molecule has 146 valence electrons. The van der Waals surface area contributed by atoms with E-state index in [2.05, 4.69) is 26.0 Å². The van der Waals surface area contributed by atoms with Crippen LogP contribution in [0.15, 0.2) is 12.2 Å². The minimum Gasteiger partial charge on any atom is -0.391 e. The first kappa shape index (κ1) is 17.7. The maximum Gasteiger partial charge on any atom is 0.195 e. The zero-order valence-corrected chi connectivity index (χ0v) is 16.6. The number of aliphatic hydroxyl groups is 1. The summed E-state index contributed by atoms with van der Waals surface area (Å²) < 4.78 is 12.1. The summed E-state index contributed by atoms with van der Waals surface area (Å²) in [4.78, 5) is 0. The maximum absolute atomic E-state index is 10.2. The largest absolute Gasteiger partial charge is 0.391 e. The highest BCUT2D eigenvalue weighted by Crippen LogP contribution is 2.68. The molecule has 0 spiro atoms. The Balaban J connectivity index is 1.44. The lowest BCUT2D eigenvalue weighted by molar-refractivity contribution is -0.245. The minimum atomic E-state index is -0.717. The standard InChI is InChI=1S/C23H36O3/c1-21-11-4-3-5-16(21)6-7-17-18-8-9-20(22(18,2)12-10-19(17)21)23(15-24)25-13-14-26-23/h3,5,16-20,24H,4,6-15H2,1-2H3/t16-,17+,18+,19+,20+,21+,22+/m1/s1. The van der Waals surface area contributed by atoms with Crippen LogP contribution in [0, 0.1) is 40.4 Å². The molecule has 5 rings (SSSR count). The van der Waals surface area contributed by atoms with Gasteiger partial charge in [0.25, 0.3) is 0 Å². The van der Waals surface area contributed by atoms with Gasteiger partial charge in [0.15, 0.2) is 5.79 Å². The summed E-state index contributed by atoms with van der Waals surface area (Å²) in [6.45, 7) is 6.39. The van der Waals surface area contributed by atoms with Crippen molar-refractivity contribution in [3.63, 3.8) is 0 Å². The molecule has 3 nitrogen and oxygen atoms in total. The van der Waals surface area contributed by atoms with Crippen molar-refractivity contribution in [1.82, 2.24) is 0 Å². The van der Waals surface area contributed by atoms with Gasteiger partial charge >= 0.3 is 0 Å². The minimum absolute atomic E-state index is 0.0126. The molecule has 1 saturated heterocycles. The lowest BCUT2D eigenvalue weighted by atomic mass is 9.45. The van der Waals surface area contributed by atoms with E-state index in [9.17, 15) is 5.11 Å². The Morgan fingerprint density at radius 3 is 2.46 bits per heavy atom. The van der Waals surface area contributed by atoms with E-state index in [0.29, 0.717) is 24.5 Å². The quantitative estimate of drug-likeness (QED) is 0.735. The first-order valence-electron chi connectivity index (χ1n) is 11.1. The van der Waals surface area contributed by atoms with E-state index in [1.165, 1.54) is 44.9 Å².